The summed E-state index contributed by atoms with van der Waals surface area (Å²) in [6.45, 7) is 9.76. The molecule has 0 saturated heterocycles. The summed E-state index contributed by atoms with van der Waals surface area (Å²) < 4.78 is 5.20. The van der Waals surface area contributed by atoms with Crippen LogP contribution in [0.1, 0.15) is 63.6 Å². The molecule has 0 aliphatic rings. The van der Waals surface area contributed by atoms with E-state index in [9.17, 15) is 9.59 Å². The molecule has 3 aromatic rings. The van der Waals surface area contributed by atoms with Gasteiger partial charge in [0.05, 0.1) is 17.1 Å². The Morgan fingerprint density at radius 3 is 2.55 bits per heavy atom. The normalized spacial score (nSPS) is 11.9. The number of ketones is 1. The van der Waals surface area contributed by atoms with Gasteiger partial charge in [0.15, 0.2) is 5.84 Å². The Hall–Kier alpha value is -3.52. The van der Waals surface area contributed by atoms with E-state index < -0.39 is 6.03 Å². The molecular formula is C30H38N4O3S. The third-order valence-electron chi connectivity index (χ3n) is 5.64. The van der Waals surface area contributed by atoms with Crippen molar-refractivity contribution < 1.29 is 14.0 Å². The fourth-order valence-electron chi connectivity index (χ4n) is 3.44. The molecule has 7 nitrogen and oxygen atoms in total. The first-order chi connectivity index (χ1) is 18.3. The number of rotatable bonds is 8. The van der Waals surface area contributed by atoms with Crippen LogP contribution >= 0.6 is 11.8 Å². The average molecular weight is 535 g/mol. The van der Waals surface area contributed by atoms with E-state index in [0.29, 0.717) is 23.1 Å². The average Bonchev–Trinajstić information content (AvgIpc) is 3.41. The topological polar surface area (TPSA) is 96.4 Å². The SMILES string of the molecule is CCCC=NC(=NC)c1ccc(NC(=O)/N=C(/C)SCC(=O)CC)c(CC)c1.Cc1cccc2occc12. The summed E-state index contributed by atoms with van der Waals surface area (Å²) >= 11 is 1.28. The minimum absolute atomic E-state index is 0.138. The second-order valence-electron chi connectivity index (χ2n) is 8.52. The zero-order chi connectivity index (χ0) is 27.9. The van der Waals surface area contributed by atoms with Crippen molar-refractivity contribution in [2.75, 3.05) is 18.1 Å². The van der Waals surface area contributed by atoms with Crippen molar-refractivity contribution in [1.29, 1.82) is 0 Å². The van der Waals surface area contributed by atoms with Crippen LogP contribution in [0, 0.1) is 6.92 Å². The molecule has 0 radical (unpaired) electrons. The number of unbranched alkanes of at least 4 members (excludes halogenated alkanes) is 1. The first-order valence-corrected chi connectivity index (χ1v) is 13.9. The van der Waals surface area contributed by atoms with Gasteiger partial charge in [-0.3, -0.25) is 9.79 Å². The molecule has 8 heteroatoms. The summed E-state index contributed by atoms with van der Waals surface area (Å²) in [6.07, 6.45) is 6.79. The van der Waals surface area contributed by atoms with Gasteiger partial charge in [-0.15, -0.1) is 11.8 Å². The Morgan fingerprint density at radius 1 is 1.11 bits per heavy atom. The molecular weight excluding hydrogens is 496 g/mol. The largest absolute Gasteiger partial charge is 0.464 e. The fraction of sp³-hybridized carbons (Fsp3) is 0.367. The molecule has 0 fully saturated rings. The van der Waals surface area contributed by atoms with Crippen LogP contribution in [0.4, 0.5) is 10.5 Å². The Balaban J connectivity index is 0.000000415. The minimum atomic E-state index is -0.443. The van der Waals surface area contributed by atoms with E-state index in [0.717, 1.165) is 41.7 Å². The molecule has 1 aromatic heterocycles. The van der Waals surface area contributed by atoms with Crippen molar-refractivity contribution in [2.45, 2.75) is 60.3 Å². The highest BCUT2D eigenvalue weighted by atomic mass is 32.2. The second kappa shape index (κ2) is 16.3. The number of Topliss-reactive ketones (excluding diaryl/α,β-unsaturated/α-hetero) is 1. The quantitative estimate of drug-likeness (QED) is 0.235. The first-order valence-electron chi connectivity index (χ1n) is 12.9. The molecule has 0 spiro atoms. The lowest BCUT2D eigenvalue weighted by Crippen LogP contribution is -2.11. The predicted molar refractivity (Wildman–Crippen MR) is 163 cm³/mol. The van der Waals surface area contributed by atoms with Crippen molar-refractivity contribution >= 4 is 57.3 Å². The van der Waals surface area contributed by atoms with E-state index >= 15 is 0 Å². The molecule has 0 aliphatic heterocycles. The Bertz CT molecular complexity index is 1310. The summed E-state index contributed by atoms with van der Waals surface area (Å²) in [4.78, 5) is 36.3. The number of nitrogens with one attached hydrogen (secondary N) is 1. The summed E-state index contributed by atoms with van der Waals surface area (Å²) in [5.74, 6) is 1.15. The first kappa shape index (κ1) is 30.7. The van der Waals surface area contributed by atoms with Gasteiger partial charge in [0.25, 0.3) is 0 Å². The molecule has 3 rings (SSSR count). The molecule has 0 atom stereocenters. The van der Waals surface area contributed by atoms with Crippen molar-refractivity contribution in [1.82, 2.24) is 0 Å². The van der Waals surface area contributed by atoms with E-state index in [-0.39, 0.29) is 5.78 Å². The van der Waals surface area contributed by atoms with E-state index in [4.69, 9.17) is 4.42 Å². The minimum Gasteiger partial charge on any atom is -0.464 e. The van der Waals surface area contributed by atoms with Crippen LogP contribution in [0.15, 0.2) is 68.1 Å². The van der Waals surface area contributed by atoms with Gasteiger partial charge in [0.1, 0.15) is 11.4 Å². The number of aliphatic imine (C=N–C) groups is 3. The number of anilines is 1. The molecule has 0 saturated carbocycles. The monoisotopic (exact) mass is 534 g/mol. The number of urea groups is 1. The summed E-state index contributed by atoms with van der Waals surface area (Å²) in [5, 5.41) is 4.61. The third kappa shape index (κ3) is 9.74. The molecule has 1 N–H and O–H groups in total. The summed E-state index contributed by atoms with van der Waals surface area (Å²) in [6, 6.07) is 13.3. The molecule has 0 aliphatic carbocycles. The van der Waals surface area contributed by atoms with Gasteiger partial charge in [-0.1, -0.05) is 39.3 Å². The molecule has 2 aromatic carbocycles. The van der Waals surface area contributed by atoms with Crippen LogP contribution in [-0.4, -0.2) is 41.7 Å². The van der Waals surface area contributed by atoms with Crippen molar-refractivity contribution in [3.63, 3.8) is 0 Å². The van der Waals surface area contributed by atoms with Crippen LogP contribution in [0.5, 0.6) is 0 Å². The van der Waals surface area contributed by atoms with Gasteiger partial charge in [-0.25, -0.2) is 9.79 Å². The van der Waals surface area contributed by atoms with Gasteiger partial charge in [0, 0.05) is 36.3 Å². The number of nitrogens with zero attached hydrogens (tertiary/aromatic N) is 3. The number of thioether (sulfide) groups is 1. The third-order valence-corrected chi connectivity index (χ3v) is 6.61. The molecule has 1 heterocycles. The second-order valence-corrected chi connectivity index (χ2v) is 9.69. The summed E-state index contributed by atoms with van der Waals surface area (Å²) in [7, 11) is 1.72. The van der Waals surface area contributed by atoms with Gasteiger partial charge in [-0.2, -0.15) is 4.99 Å². The maximum Gasteiger partial charge on any atom is 0.346 e. The lowest BCUT2D eigenvalue weighted by atomic mass is 10.1. The Labute approximate surface area is 229 Å². The number of hydrogen-bond acceptors (Lipinski definition) is 5. The lowest BCUT2D eigenvalue weighted by molar-refractivity contribution is -0.116. The Kier molecular flexibility index (Phi) is 13.2. The Morgan fingerprint density at radius 2 is 1.89 bits per heavy atom. The van der Waals surface area contributed by atoms with Crippen LogP contribution in [0.25, 0.3) is 11.0 Å². The van der Waals surface area contributed by atoms with Crippen LogP contribution in [-0.2, 0) is 11.2 Å². The van der Waals surface area contributed by atoms with Crippen LogP contribution in [0.3, 0.4) is 0 Å². The molecule has 38 heavy (non-hydrogen) atoms. The van der Waals surface area contributed by atoms with Crippen molar-refractivity contribution in [3.8, 4) is 0 Å². The van der Waals surface area contributed by atoms with E-state index in [1.807, 2.05) is 56.5 Å². The van der Waals surface area contributed by atoms with E-state index in [1.165, 1.54) is 22.7 Å². The highest BCUT2D eigenvalue weighted by Crippen LogP contribution is 2.20. The highest BCUT2D eigenvalue weighted by molar-refractivity contribution is 8.14. The number of benzene rings is 2. The smallest absolute Gasteiger partial charge is 0.346 e. The highest BCUT2D eigenvalue weighted by Gasteiger charge is 2.10. The van der Waals surface area contributed by atoms with Crippen molar-refractivity contribution in [2.24, 2.45) is 15.0 Å². The van der Waals surface area contributed by atoms with Gasteiger partial charge < -0.3 is 9.73 Å². The maximum absolute atomic E-state index is 12.2. The van der Waals surface area contributed by atoms with Crippen LogP contribution < -0.4 is 5.32 Å². The number of amides is 2. The fourth-order valence-corrected chi connectivity index (χ4v) is 4.16. The van der Waals surface area contributed by atoms with E-state index in [2.05, 4.69) is 40.2 Å². The van der Waals surface area contributed by atoms with Gasteiger partial charge in [0.2, 0.25) is 0 Å². The lowest BCUT2D eigenvalue weighted by Gasteiger charge is -2.11. The molecule has 202 valence electrons. The predicted octanol–water partition coefficient (Wildman–Crippen LogP) is 7.90. The molecule has 0 bridgehead atoms. The maximum atomic E-state index is 12.2. The number of amidine groups is 1. The zero-order valence-corrected chi connectivity index (χ0v) is 24.0. The van der Waals surface area contributed by atoms with Crippen LogP contribution in [0.2, 0.25) is 0 Å². The van der Waals surface area contributed by atoms with Crippen molar-refractivity contribution in [3.05, 3.63) is 65.4 Å². The number of furan rings is 1. The zero-order valence-electron chi connectivity index (χ0n) is 23.2. The van der Waals surface area contributed by atoms with E-state index in [1.54, 1.807) is 20.2 Å². The number of fused-ring (bicyclic) bond motifs is 1. The number of aryl methyl sites for hydroxylation is 2. The number of carbonyl (C=O) groups is 2. The van der Waals surface area contributed by atoms with Gasteiger partial charge in [-0.05, 0) is 68.1 Å². The summed E-state index contributed by atoms with van der Waals surface area (Å²) in [5.41, 5.74) is 4.86. The standard InChI is InChI=1S/C21H30N4O2S.C9H8O/c1-6-9-12-23-20(22-5)17-10-11-19(16(7-2)13-17)25-21(27)24-15(4)28-14-18(26)8-3;1-7-3-2-4-9-8(7)5-6-10-9/h10-13H,6-9,14H2,1-5H3,(H,25,27);2-6H,1H3/b22-20?,23-12?,24-15-;. The molecule has 0 unspecified atom stereocenters. The van der Waals surface area contributed by atoms with Gasteiger partial charge >= 0.3 is 6.03 Å². The number of carbonyl (C=O) groups excluding carboxylic acids is 2. The number of hydrogen-bond donors (Lipinski definition) is 1. The molecule has 2 amide bonds.